The summed E-state index contributed by atoms with van der Waals surface area (Å²) in [5.41, 5.74) is 1.29. The maximum absolute atomic E-state index is 13.1. The lowest BCUT2D eigenvalue weighted by Crippen LogP contribution is -2.27. The molecule has 2 aromatic carbocycles. The summed E-state index contributed by atoms with van der Waals surface area (Å²) in [6, 6.07) is 8.67. The van der Waals surface area contributed by atoms with Crippen molar-refractivity contribution in [1.82, 2.24) is 0 Å². The van der Waals surface area contributed by atoms with Gasteiger partial charge in [0.05, 0.1) is 33.3 Å². The molecule has 0 bridgehead atoms. The van der Waals surface area contributed by atoms with Crippen molar-refractivity contribution in [3.8, 4) is 11.5 Å². The van der Waals surface area contributed by atoms with Gasteiger partial charge in [0.1, 0.15) is 0 Å². The van der Waals surface area contributed by atoms with Crippen molar-refractivity contribution >= 4 is 85.1 Å². The lowest BCUT2D eigenvalue weighted by Gasteiger charge is -2.16. The monoisotopic (exact) mass is 545 g/mol. The first-order valence-electron chi connectivity index (χ1n) is 9.17. The SMILES string of the molecule is CCCOc1c(Br)cc(/C=C2/SC(=S)N(c3ccc(Cl)cc3Cl)C2=O)cc1OCC. The highest BCUT2D eigenvalue weighted by Crippen LogP contribution is 2.42. The van der Waals surface area contributed by atoms with Gasteiger partial charge < -0.3 is 9.47 Å². The lowest BCUT2D eigenvalue weighted by molar-refractivity contribution is -0.113. The number of hydrogen-bond donors (Lipinski definition) is 0. The fourth-order valence-corrected chi connectivity index (χ4v) is 5.12. The topological polar surface area (TPSA) is 38.8 Å². The Labute approximate surface area is 203 Å². The molecule has 0 saturated carbocycles. The molecule has 0 atom stereocenters. The van der Waals surface area contributed by atoms with Gasteiger partial charge in [0.2, 0.25) is 0 Å². The first kappa shape index (κ1) is 23.4. The molecule has 1 aliphatic heterocycles. The van der Waals surface area contributed by atoms with Gasteiger partial charge in [0.15, 0.2) is 15.8 Å². The molecule has 0 aromatic heterocycles. The van der Waals surface area contributed by atoms with Crippen LogP contribution in [0.4, 0.5) is 5.69 Å². The highest BCUT2D eigenvalue weighted by atomic mass is 79.9. The van der Waals surface area contributed by atoms with E-state index in [1.165, 1.54) is 16.7 Å². The molecule has 0 radical (unpaired) electrons. The summed E-state index contributed by atoms with van der Waals surface area (Å²) in [7, 11) is 0. The Bertz CT molecular complexity index is 1030. The van der Waals surface area contributed by atoms with Crippen molar-refractivity contribution in [2.45, 2.75) is 20.3 Å². The smallest absolute Gasteiger partial charge is 0.270 e. The zero-order chi connectivity index (χ0) is 21.8. The van der Waals surface area contributed by atoms with Crippen LogP contribution in [0.15, 0.2) is 39.7 Å². The summed E-state index contributed by atoms with van der Waals surface area (Å²) in [4.78, 5) is 15.0. The summed E-state index contributed by atoms with van der Waals surface area (Å²) in [5.74, 6) is 1.02. The molecule has 30 heavy (non-hydrogen) atoms. The van der Waals surface area contributed by atoms with E-state index in [-0.39, 0.29) is 5.91 Å². The lowest BCUT2D eigenvalue weighted by atomic mass is 10.1. The number of rotatable bonds is 7. The highest BCUT2D eigenvalue weighted by molar-refractivity contribution is 9.10. The quantitative estimate of drug-likeness (QED) is 0.268. The normalized spacial score (nSPS) is 15.2. The van der Waals surface area contributed by atoms with E-state index in [1.54, 1.807) is 24.3 Å². The molecule has 0 N–H and O–H groups in total. The van der Waals surface area contributed by atoms with E-state index < -0.39 is 0 Å². The summed E-state index contributed by atoms with van der Waals surface area (Å²) < 4.78 is 12.7. The number of ether oxygens (including phenoxy) is 2. The van der Waals surface area contributed by atoms with E-state index >= 15 is 0 Å². The Balaban J connectivity index is 1.95. The highest BCUT2D eigenvalue weighted by Gasteiger charge is 2.34. The number of anilines is 1. The van der Waals surface area contributed by atoms with Crippen molar-refractivity contribution in [1.29, 1.82) is 0 Å². The van der Waals surface area contributed by atoms with Crippen molar-refractivity contribution < 1.29 is 14.3 Å². The molecule has 2 aromatic rings. The maximum Gasteiger partial charge on any atom is 0.270 e. The van der Waals surface area contributed by atoms with Crippen LogP contribution in [0, 0.1) is 0 Å². The molecule has 4 nitrogen and oxygen atoms in total. The van der Waals surface area contributed by atoms with Crippen molar-refractivity contribution in [2.75, 3.05) is 18.1 Å². The van der Waals surface area contributed by atoms with Crippen LogP contribution in [0.5, 0.6) is 11.5 Å². The number of benzene rings is 2. The van der Waals surface area contributed by atoms with Crippen LogP contribution in [0.3, 0.4) is 0 Å². The second kappa shape index (κ2) is 10.4. The van der Waals surface area contributed by atoms with Crippen LogP contribution in [0.1, 0.15) is 25.8 Å². The number of nitrogens with zero attached hydrogens (tertiary/aromatic N) is 1. The zero-order valence-corrected chi connectivity index (χ0v) is 20.9. The Morgan fingerprint density at radius 2 is 1.97 bits per heavy atom. The van der Waals surface area contributed by atoms with Crippen LogP contribution >= 0.6 is 63.1 Å². The Morgan fingerprint density at radius 3 is 2.63 bits per heavy atom. The van der Waals surface area contributed by atoms with Crippen LogP contribution in [-0.2, 0) is 4.79 Å². The fraction of sp³-hybridized carbons (Fsp3) is 0.238. The summed E-state index contributed by atoms with van der Waals surface area (Å²) in [6.45, 7) is 5.02. The molecule has 1 amide bonds. The second-order valence-corrected chi connectivity index (χ2v) is 9.60. The van der Waals surface area contributed by atoms with E-state index in [0.717, 1.165) is 16.5 Å². The number of carbonyl (C=O) groups excluding carboxylic acids is 1. The first-order valence-corrected chi connectivity index (χ1v) is 11.9. The third-order valence-corrected chi connectivity index (χ3v) is 6.45. The van der Waals surface area contributed by atoms with Gasteiger partial charge in [-0.05, 0) is 71.2 Å². The van der Waals surface area contributed by atoms with Crippen molar-refractivity contribution in [2.24, 2.45) is 0 Å². The van der Waals surface area contributed by atoms with Gasteiger partial charge in [-0.3, -0.25) is 9.69 Å². The summed E-state index contributed by atoms with van der Waals surface area (Å²) >= 11 is 22.4. The third-order valence-electron chi connectivity index (χ3n) is 4.02. The number of thioether (sulfide) groups is 1. The van der Waals surface area contributed by atoms with Gasteiger partial charge in [-0.15, -0.1) is 0 Å². The van der Waals surface area contributed by atoms with Crippen molar-refractivity contribution in [3.63, 3.8) is 0 Å². The number of amides is 1. The van der Waals surface area contributed by atoms with E-state index in [9.17, 15) is 4.79 Å². The number of hydrogen-bond acceptors (Lipinski definition) is 5. The van der Waals surface area contributed by atoms with Gasteiger partial charge in [0, 0.05) is 5.02 Å². The Morgan fingerprint density at radius 1 is 1.20 bits per heavy atom. The minimum Gasteiger partial charge on any atom is -0.490 e. The minimum atomic E-state index is -0.241. The van der Waals surface area contributed by atoms with E-state index in [1.807, 2.05) is 26.0 Å². The molecular formula is C21H18BrCl2NO3S2. The van der Waals surface area contributed by atoms with Crippen LogP contribution in [-0.4, -0.2) is 23.4 Å². The molecule has 1 heterocycles. The third kappa shape index (κ3) is 5.14. The van der Waals surface area contributed by atoms with Crippen molar-refractivity contribution in [3.05, 3.63) is 55.3 Å². The van der Waals surface area contributed by atoms with Crippen LogP contribution in [0.2, 0.25) is 10.0 Å². The number of halogens is 3. The molecule has 1 aliphatic rings. The molecule has 0 unspecified atom stereocenters. The predicted molar refractivity (Wildman–Crippen MR) is 133 cm³/mol. The summed E-state index contributed by atoms with van der Waals surface area (Å²) in [6.07, 6.45) is 2.66. The van der Waals surface area contributed by atoms with Gasteiger partial charge in [0.25, 0.3) is 5.91 Å². The molecule has 1 fully saturated rings. The molecule has 3 rings (SSSR count). The van der Waals surface area contributed by atoms with E-state index in [0.29, 0.717) is 49.7 Å². The fourth-order valence-electron chi connectivity index (χ4n) is 2.77. The second-order valence-electron chi connectivity index (χ2n) is 6.22. The predicted octanol–water partition coefficient (Wildman–Crippen LogP) is 7.35. The maximum atomic E-state index is 13.1. The van der Waals surface area contributed by atoms with Gasteiger partial charge in [-0.1, -0.05) is 54.1 Å². The molecule has 9 heteroatoms. The van der Waals surface area contributed by atoms with Crippen LogP contribution in [0.25, 0.3) is 6.08 Å². The van der Waals surface area contributed by atoms with E-state index in [4.69, 9.17) is 44.9 Å². The molecule has 0 spiro atoms. The molecule has 1 saturated heterocycles. The van der Waals surface area contributed by atoms with Crippen LogP contribution < -0.4 is 14.4 Å². The molecule has 158 valence electrons. The minimum absolute atomic E-state index is 0.241. The first-order chi connectivity index (χ1) is 14.3. The summed E-state index contributed by atoms with van der Waals surface area (Å²) in [5, 5.41) is 0.849. The standard InChI is InChI=1S/C21H18BrCl2NO3S2/c1-3-7-28-19-14(22)8-12(9-17(19)27-4-2)10-18-20(26)25(21(29)30-18)16-6-5-13(23)11-15(16)24/h5-6,8-11H,3-4,7H2,1-2H3/b18-10+. The average Bonchev–Trinajstić information content (AvgIpc) is 2.95. The van der Waals surface area contributed by atoms with E-state index in [2.05, 4.69) is 15.9 Å². The Kier molecular flexibility index (Phi) is 8.10. The molecular weight excluding hydrogens is 529 g/mol. The zero-order valence-electron chi connectivity index (χ0n) is 16.2. The largest absolute Gasteiger partial charge is 0.490 e. The van der Waals surface area contributed by atoms with Gasteiger partial charge >= 0.3 is 0 Å². The number of thiocarbonyl (C=S) groups is 1. The Hall–Kier alpha value is -1.25. The average molecular weight is 547 g/mol. The van der Waals surface area contributed by atoms with Gasteiger partial charge in [-0.25, -0.2) is 0 Å². The number of carbonyl (C=O) groups is 1. The molecule has 0 aliphatic carbocycles. The van der Waals surface area contributed by atoms with Gasteiger partial charge in [-0.2, -0.15) is 0 Å².